The fourth-order valence-corrected chi connectivity index (χ4v) is 7.33. The molecule has 36 heavy (non-hydrogen) atoms. The van der Waals surface area contributed by atoms with E-state index in [4.69, 9.17) is 9.47 Å². The maximum Gasteiger partial charge on any atom is 0.252 e. The summed E-state index contributed by atoms with van der Waals surface area (Å²) >= 11 is 0. The van der Waals surface area contributed by atoms with Crippen LogP contribution >= 0.6 is 12.4 Å². The van der Waals surface area contributed by atoms with E-state index in [0.29, 0.717) is 6.54 Å². The lowest BCUT2D eigenvalue weighted by Gasteiger charge is -2.48. The first-order chi connectivity index (χ1) is 17.1. The van der Waals surface area contributed by atoms with Crippen molar-refractivity contribution in [2.75, 3.05) is 14.2 Å². The molecule has 0 radical (unpaired) electrons. The van der Waals surface area contributed by atoms with Gasteiger partial charge in [0.25, 0.3) is 5.91 Å². The van der Waals surface area contributed by atoms with Crippen LogP contribution in [0, 0.1) is 0 Å². The molecule has 3 aromatic carbocycles. The van der Waals surface area contributed by atoms with Crippen molar-refractivity contribution in [1.29, 1.82) is 0 Å². The summed E-state index contributed by atoms with van der Waals surface area (Å²) in [4.78, 5) is 13.3. The van der Waals surface area contributed by atoms with Gasteiger partial charge in [0.05, 0.1) is 27.6 Å². The minimum Gasteiger partial charge on any atom is -0.375 e. The molecule has 1 fully saturated rings. The Bertz CT molecular complexity index is 1750. The number of nitrogens with zero attached hydrogens (tertiary/aromatic N) is 2. The molecule has 8 heteroatoms. The molecule has 7 nitrogen and oxygen atoms in total. The van der Waals surface area contributed by atoms with Crippen LogP contribution in [-0.4, -0.2) is 41.3 Å². The van der Waals surface area contributed by atoms with Crippen LogP contribution in [-0.2, 0) is 21.7 Å². The lowest BCUT2D eigenvalue weighted by atomic mass is 9.93. The van der Waals surface area contributed by atoms with Crippen molar-refractivity contribution in [3.63, 3.8) is 0 Å². The number of aromatic nitrogens is 2. The van der Waals surface area contributed by atoms with Crippen LogP contribution in [0.2, 0.25) is 0 Å². The number of hydrogen-bond acceptors (Lipinski definition) is 4. The van der Waals surface area contributed by atoms with Crippen molar-refractivity contribution in [2.45, 2.75) is 44.0 Å². The third-order valence-corrected chi connectivity index (χ3v) is 8.60. The van der Waals surface area contributed by atoms with Gasteiger partial charge >= 0.3 is 0 Å². The van der Waals surface area contributed by atoms with Crippen LogP contribution in [0.15, 0.2) is 48.5 Å². The molecule has 0 unspecified atom stereocenters. The molecule has 5 heterocycles. The van der Waals surface area contributed by atoms with Gasteiger partial charge in [-0.15, -0.1) is 12.4 Å². The highest BCUT2D eigenvalue weighted by Crippen LogP contribution is 2.53. The molecule has 0 aliphatic carbocycles. The second kappa shape index (κ2) is 7.23. The third kappa shape index (κ3) is 2.33. The van der Waals surface area contributed by atoms with Gasteiger partial charge in [0.1, 0.15) is 12.3 Å². The average Bonchev–Trinajstić information content (AvgIpc) is 3.51. The molecule has 1 amide bonds. The highest BCUT2D eigenvalue weighted by Gasteiger charge is 2.53. The number of rotatable bonds is 2. The zero-order chi connectivity index (χ0) is 23.6. The lowest BCUT2D eigenvalue weighted by Crippen LogP contribution is -2.59. The van der Waals surface area contributed by atoms with Crippen molar-refractivity contribution >= 4 is 61.9 Å². The summed E-state index contributed by atoms with van der Waals surface area (Å²) in [7, 11) is 3.77. The number of ether oxygens (including phenoxy) is 2. The summed E-state index contributed by atoms with van der Waals surface area (Å²) < 4.78 is 18.0. The van der Waals surface area contributed by atoms with Gasteiger partial charge in [-0.3, -0.25) is 4.79 Å². The molecular formula is C28H27ClN4O3. The van der Waals surface area contributed by atoms with Gasteiger partial charge in [0.2, 0.25) is 0 Å². The van der Waals surface area contributed by atoms with E-state index >= 15 is 0 Å². The molecule has 8 rings (SSSR count). The second-order valence-electron chi connectivity index (χ2n) is 10.1. The van der Waals surface area contributed by atoms with E-state index < -0.39 is 5.72 Å². The third-order valence-electron chi connectivity index (χ3n) is 8.60. The summed E-state index contributed by atoms with van der Waals surface area (Å²) in [6, 6.07) is 17.0. The van der Waals surface area contributed by atoms with Gasteiger partial charge in [0, 0.05) is 47.7 Å². The molecular weight excluding hydrogens is 476 g/mol. The predicted octanol–water partition coefficient (Wildman–Crippen LogP) is 4.78. The van der Waals surface area contributed by atoms with E-state index in [1.807, 2.05) is 7.05 Å². The van der Waals surface area contributed by atoms with E-state index in [1.165, 1.54) is 0 Å². The number of halogens is 1. The van der Waals surface area contributed by atoms with Gasteiger partial charge in [-0.2, -0.15) is 0 Å². The van der Waals surface area contributed by atoms with E-state index in [0.717, 1.165) is 61.2 Å². The first kappa shape index (κ1) is 22.1. The first-order valence-corrected chi connectivity index (χ1v) is 12.3. The molecule has 4 atom stereocenters. The average molecular weight is 503 g/mol. The zero-order valence-corrected chi connectivity index (χ0v) is 21.1. The Labute approximate surface area is 213 Å². The lowest BCUT2D eigenvalue weighted by molar-refractivity contribution is -0.256. The number of carbonyl (C=O) groups is 1. The highest BCUT2D eigenvalue weighted by molar-refractivity contribution is 6.31. The van der Waals surface area contributed by atoms with Gasteiger partial charge in [0.15, 0.2) is 5.72 Å². The minimum atomic E-state index is -0.760. The van der Waals surface area contributed by atoms with Gasteiger partial charge in [-0.05, 0) is 31.7 Å². The van der Waals surface area contributed by atoms with Gasteiger partial charge in [-0.1, -0.05) is 36.4 Å². The summed E-state index contributed by atoms with van der Waals surface area (Å²) in [5.41, 5.74) is 5.51. The quantitative estimate of drug-likeness (QED) is 0.364. The molecule has 2 bridgehead atoms. The molecule has 3 aliphatic heterocycles. The Morgan fingerprint density at radius 2 is 1.75 bits per heavy atom. The Balaban J connectivity index is 0.00000220. The Kier molecular flexibility index (Phi) is 4.44. The SMILES string of the molecule is CN[C@H]1C[C@H]2O[C@](C)([C@H]1OC)n1c3ccccc3c3c4c(c5c6ccccc6n2c5c31)C(=O)NC4.Cl. The Hall–Kier alpha value is -3.10. The number of amides is 1. The summed E-state index contributed by atoms with van der Waals surface area (Å²) in [6.07, 6.45) is 0.337. The number of fused-ring (bicyclic) bond motifs is 13. The molecule has 5 aromatic rings. The maximum atomic E-state index is 13.3. The minimum absolute atomic E-state index is 0. The molecule has 184 valence electrons. The van der Waals surface area contributed by atoms with Crippen molar-refractivity contribution in [2.24, 2.45) is 0 Å². The van der Waals surface area contributed by atoms with Crippen LogP contribution < -0.4 is 10.6 Å². The van der Waals surface area contributed by atoms with Crippen LogP contribution in [0.4, 0.5) is 0 Å². The van der Waals surface area contributed by atoms with E-state index in [2.05, 4.69) is 75.2 Å². The van der Waals surface area contributed by atoms with Gasteiger partial charge in [-0.25, -0.2) is 0 Å². The van der Waals surface area contributed by atoms with Crippen molar-refractivity contribution in [1.82, 2.24) is 19.8 Å². The van der Waals surface area contributed by atoms with Crippen LogP contribution in [0.5, 0.6) is 0 Å². The number of para-hydroxylation sites is 2. The maximum absolute atomic E-state index is 13.3. The monoisotopic (exact) mass is 502 g/mol. The topological polar surface area (TPSA) is 69.5 Å². The van der Waals surface area contributed by atoms with Crippen molar-refractivity contribution in [3.8, 4) is 0 Å². The molecule has 1 saturated heterocycles. The fraction of sp³-hybridized carbons (Fsp3) is 0.321. The van der Waals surface area contributed by atoms with E-state index in [-0.39, 0.29) is 36.7 Å². The predicted molar refractivity (Wildman–Crippen MR) is 143 cm³/mol. The molecule has 0 saturated carbocycles. The Morgan fingerprint density at radius 3 is 2.47 bits per heavy atom. The number of nitrogens with one attached hydrogen (secondary N) is 2. The zero-order valence-electron chi connectivity index (χ0n) is 20.3. The highest BCUT2D eigenvalue weighted by atomic mass is 35.5. The number of likely N-dealkylation sites (N-methyl/N-ethyl adjacent to an activating group) is 1. The second-order valence-corrected chi connectivity index (χ2v) is 10.1. The normalized spacial score (nSPS) is 26.5. The number of hydrogen-bond donors (Lipinski definition) is 2. The summed E-state index contributed by atoms with van der Waals surface area (Å²) in [5.74, 6) is 0.00357. The standard InChI is InChI=1S/C28H26N4O3.ClH/c1-28-26(34-3)17(29-2)12-20(35-28)31-18-10-6-4-8-14(18)22-23-16(13-30-27(23)33)21-15-9-5-7-11-19(15)32(28)25(21)24(22)31;/h4-11,17,20,26,29H,12-13H2,1-3H3,(H,30,33);1H/t17-,20+,26-,28+;/m0./s1. The van der Waals surface area contributed by atoms with Crippen molar-refractivity contribution < 1.29 is 14.3 Å². The Morgan fingerprint density at radius 1 is 1.06 bits per heavy atom. The smallest absolute Gasteiger partial charge is 0.252 e. The van der Waals surface area contributed by atoms with Crippen LogP contribution in [0.3, 0.4) is 0 Å². The van der Waals surface area contributed by atoms with Crippen LogP contribution in [0.25, 0.3) is 43.6 Å². The number of methoxy groups -OCH3 is 1. The van der Waals surface area contributed by atoms with Crippen LogP contribution in [0.1, 0.15) is 35.5 Å². The molecule has 3 aliphatic rings. The summed E-state index contributed by atoms with van der Waals surface area (Å²) in [6.45, 7) is 2.68. The van der Waals surface area contributed by atoms with E-state index in [1.54, 1.807) is 7.11 Å². The largest absolute Gasteiger partial charge is 0.375 e. The summed E-state index contributed by atoms with van der Waals surface area (Å²) in [5, 5.41) is 11.0. The fourth-order valence-electron chi connectivity index (χ4n) is 7.33. The molecule has 2 aromatic heterocycles. The van der Waals surface area contributed by atoms with Gasteiger partial charge < -0.3 is 29.2 Å². The first-order valence-electron chi connectivity index (χ1n) is 12.3. The number of benzene rings is 3. The molecule has 0 spiro atoms. The van der Waals surface area contributed by atoms with Crippen molar-refractivity contribution in [3.05, 3.63) is 59.7 Å². The van der Waals surface area contributed by atoms with E-state index in [9.17, 15) is 4.79 Å². The number of carbonyl (C=O) groups excluding carboxylic acids is 1. The molecule has 2 N–H and O–H groups in total.